The number of pyridine rings is 1. The first kappa shape index (κ1) is 21.9. The van der Waals surface area contributed by atoms with Gasteiger partial charge in [0.05, 0.1) is 16.9 Å². The monoisotopic (exact) mass is 438 g/mol. The van der Waals surface area contributed by atoms with E-state index in [1.807, 2.05) is 13.0 Å². The van der Waals surface area contributed by atoms with E-state index < -0.39 is 5.82 Å². The number of anilines is 1. The van der Waals surface area contributed by atoms with Crippen LogP contribution in [0.5, 0.6) is 0 Å². The van der Waals surface area contributed by atoms with Crippen LogP contribution in [-0.2, 0) is 6.54 Å². The minimum Gasteiger partial charge on any atom is -0.365 e. The lowest BCUT2D eigenvalue weighted by Crippen LogP contribution is -2.52. The van der Waals surface area contributed by atoms with Gasteiger partial charge in [-0.15, -0.1) is 0 Å². The van der Waals surface area contributed by atoms with Crippen molar-refractivity contribution in [3.63, 3.8) is 0 Å². The van der Waals surface area contributed by atoms with Crippen LogP contribution in [0.15, 0.2) is 29.1 Å². The number of H-pyrrole nitrogens is 1. The van der Waals surface area contributed by atoms with Crippen molar-refractivity contribution in [1.82, 2.24) is 25.2 Å². The van der Waals surface area contributed by atoms with Crippen molar-refractivity contribution >= 4 is 22.6 Å². The fraction of sp³-hybridized carbons (Fsp3) is 0.391. The van der Waals surface area contributed by atoms with Crippen molar-refractivity contribution in [2.24, 2.45) is 0 Å². The van der Waals surface area contributed by atoms with Gasteiger partial charge in [-0.2, -0.15) is 0 Å². The Bertz CT molecular complexity index is 1240. The molecule has 1 atom stereocenters. The van der Waals surface area contributed by atoms with Gasteiger partial charge in [0.15, 0.2) is 5.82 Å². The number of hydrogen-bond donors (Lipinski definition) is 2. The zero-order valence-electron chi connectivity index (χ0n) is 18.7. The molecule has 3 heterocycles. The van der Waals surface area contributed by atoms with E-state index in [0.29, 0.717) is 29.0 Å². The van der Waals surface area contributed by atoms with Crippen molar-refractivity contribution in [2.45, 2.75) is 33.4 Å². The van der Waals surface area contributed by atoms with E-state index in [4.69, 9.17) is 0 Å². The summed E-state index contributed by atoms with van der Waals surface area (Å²) in [4.78, 5) is 39.4. The zero-order valence-corrected chi connectivity index (χ0v) is 18.7. The molecule has 1 amide bonds. The fourth-order valence-electron chi connectivity index (χ4n) is 4.27. The SMILES string of the molecule is CNC(=O)c1ccc(N2CCN(Cc3ccc4nc(C)c(=O)[nH]c4c3F)C[C@@H]2C)c(C)n1. The number of nitrogens with one attached hydrogen (secondary N) is 2. The van der Waals surface area contributed by atoms with Gasteiger partial charge in [0, 0.05) is 44.8 Å². The van der Waals surface area contributed by atoms with E-state index in [9.17, 15) is 9.59 Å². The Morgan fingerprint density at radius 2 is 1.97 bits per heavy atom. The fourth-order valence-corrected chi connectivity index (χ4v) is 4.27. The van der Waals surface area contributed by atoms with Crippen LogP contribution in [0.1, 0.15) is 34.4 Å². The summed E-state index contributed by atoms with van der Waals surface area (Å²) in [5.74, 6) is -0.631. The Kier molecular flexibility index (Phi) is 5.92. The average molecular weight is 439 g/mol. The minimum atomic E-state index is -0.424. The number of hydrogen-bond acceptors (Lipinski definition) is 6. The van der Waals surface area contributed by atoms with Crippen LogP contribution >= 0.6 is 0 Å². The van der Waals surface area contributed by atoms with E-state index in [0.717, 1.165) is 31.0 Å². The summed E-state index contributed by atoms with van der Waals surface area (Å²) in [7, 11) is 1.59. The molecule has 168 valence electrons. The highest BCUT2D eigenvalue weighted by Crippen LogP contribution is 2.25. The molecule has 3 aromatic rings. The number of halogens is 1. The Morgan fingerprint density at radius 3 is 2.66 bits per heavy atom. The maximum Gasteiger partial charge on any atom is 0.269 e. The highest BCUT2D eigenvalue weighted by molar-refractivity contribution is 5.92. The topological polar surface area (TPSA) is 94.2 Å². The van der Waals surface area contributed by atoms with Gasteiger partial charge in [0.1, 0.15) is 16.9 Å². The van der Waals surface area contributed by atoms with Crippen molar-refractivity contribution in [3.8, 4) is 0 Å². The first-order chi connectivity index (χ1) is 15.3. The molecule has 0 radical (unpaired) electrons. The lowest BCUT2D eigenvalue weighted by molar-refractivity contribution is 0.0958. The summed E-state index contributed by atoms with van der Waals surface area (Å²) in [5, 5.41) is 2.59. The zero-order chi connectivity index (χ0) is 23.0. The van der Waals surface area contributed by atoms with Gasteiger partial charge in [0.25, 0.3) is 11.5 Å². The number of nitrogens with zero attached hydrogens (tertiary/aromatic N) is 4. The standard InChI is InChI=1S/C23H27FN6O2/c1-13-11-29(9-10-30(13)19-8-7-18(23(32)25-4)26-14(19)2)12-16-5-6-17-21(20(16)24)28-22(31)15(3)27-17/h5-8,13H,9-12H2,1-4H3,(H,25,32)(H,28,31)/t13-/m0/s1. The van der Waals surface area contributed by atoms with Crippen LogP contribution in [0.2, 0.25) is 0 Å². The second-order valence-electron chi connectivity index (χ2n) is 8.24. The smallest absolute Gasteiger partial charge is 0.269 e. The molecule has 0 aliphatic carbocycles. The third-order valence-corrected chi connectivity index (χ3v) is 5.99. The Hall–Kier alpha value is -3.33. The number of benzene rings is 1. The minimum absolute atomic E-state index is 0.155. The van der Waals surface area contributed by atoms with Crippen molar-refractivity contribution in [1.29, 1.82) is 0 Å². The molecule has 2 N–H and O–H groups in total. The molecule has 0 unspecified atom stereocenters. The first-order valence-corrected chi connectivity index (χ1v) is 10.6. The van der Waals surface area contributed by atoms with Crippen molar-refractivity contribution < 1.29 is 9.18 Å². The Morgan fingerprint density at radius 1 is 1.19 bits per heavy atom. The molecule has 1 aromatic carbocycles. The van der Waals surface area contributed by atoms with Crippen molar-refractivity contribution in [2.75, 3.05) is 31.6 Å². The van der Waals surface area contributed by atoms with E-state index in [1.165, 1.54) is 0 Å². The number of aryl methyl sites for hydroxylation is 2. The number of carbonyl (C=O) groups is 1. The summed E-state index contributed by atoms with van der Waals surface area (Å²) >= 11 is 0. The molecule has 0 spiro atoms. The molecule has 2 aromatic heterocycles. The summed E-state index contributed by atoms with van der Waals surface area (Å²) in [6, 6.07) is 7.35. The molecule has 9 heteroatoms. The summed E-state index contributed by atoms with van der Waals surface area (Å²) in [6.07, 6.45) is 0. The first-order valence-electron chi connectivity index (χ1n) is 10.6. The van der Waals surface area contributed by atoms with Gasteiger partial charge in [-0.1, -0.05) is 6.07 Å². The molecule has 1 aliphatic heterocycles. The van der Waals surface area contributed by atoms with E-state index in [1.54, 1.807) is 32.2 Å². The second-order valence-corrected chi connectivity index (χ2v) is 8.24. The number of carbonyl (C=O) groups excluding carboxylic acids is 1. The van der Waals surface area contributed by atoms with Crippen LogP contribution in [0.25, 0.3) is 11.0 Å². The predicted molar refractivity (Wildman–Crippen MR) is 122 cm³/mol. The predicted octanol–water partition coefficient (Wildman–Crippen LogP) is 2.14. The van der Waals surface area contributed by atoms with Gasteiger partial charge in [0.2, 0.25) is 0 Å². The molecule has 1 aliphatic rings. The molecular weight excluding hydrogens is 411 g/mol. The summed E-state index contributed by atoms with van der Waals surface area (Å²) < 4.78 is 15.1. The molecule has 0 saturated carbocycles. The lowest BCUT2D eigenvalue weighted by Gasteiger charge is -2.41. The second kappa shape index (κ2) is 8.66. The van der Waals surface area contributed by atoms with Gasteiger partial charge in [-0.05, 0) is 39.0 Å². The molecule has 4 rings (SSSR count). The Balaban J connectivity index is 1.50. The lowest BCUT2D eigenvalue weighted by atomic mass is 10.1. The van der Waals surface area contributed by atoms with E-state index >= 15 is 4.39 Å². The largest absolute Gasteiger partial charge is 0.365 e. The van der Waals surface area contributed by atoms with E-state index in [-0.39, 0.29) is 23.0 Å². The quantitative estimate of drug-likeness (QED) is 0.648. The maximum absolute atomic E-state index is 15.1. The summed E-state index contributed by atoms with van der Waals surface area (Å²) in [5.41, 5.74) is 3.29. The molecular formula is C23H27FN6O2. The van der Waals surface area contributed by atoms with Gasteiger partial charge >= 0.3 is 0 Å². The van der Waals surface area contributed by atoms with Crippen LogP contribution in [-0.4, -0.2) is 58.5 Å². The van der Waals surface area contributed by atoms with Gasteiger partial charge in [-0.25, -0.2) is 14.4 Å². The number of aromatic amines is 1. The molecule has 1 fully saturated rings. The third-order valence-electron chi connectivity index (χ3n) is 5.99. The van der Waals surface area contributed by atoms with Crippen LogP contribution in [0.4, 0.5) is 10.1 Å². The number of rotatable bonds is 4. The average Bonchev–Trinajstić information content (AvgIpc) is 2.77. The molecule has 0 bridgehead atoms. The number of fused-ring (bicyclic) bond motifs is 1. The number of amides is 1. The van der Waals surface area contributed by atoms with Gasteiger partial charge in [-0.3, -0.25) is 14.5 Å². The molecule has 8 nitrogen and oxygen atoms in total. The van der Waals surface area contributed by atoms with Gasteiger partial charge < -0.3 is 15.2 Å². The van der Waals surface area contributed by atoms with Crippen molar-refractivity contribution in [3.05, 3.63) is 63.1 Å². The highest BCUT2D eigenvalue weighted by atomic mass is 19.1. The van der Waals surface area contributed by atoms with Crippen LogP contribution < -0.4 is 15.8 Å². The van der Waals surface area contributed by atoms with E-state index in [2.05, 4.69) is 37.0 Å². The third kappa shape index (κ3) is 4.08. The maximum atomic E-state index is 15.1. The number of piperazine rings is 1. The van der Waals surface area contributed by atoms with Crippen LogP contribution in [0, 0.1) is 19.7 Å². The van der Waals surface area contributed by atoms with Crippen LogP contribution in [0.3, 0.4) is 0 Å². The molecule has 1 saturated heterocycles. The normalized spacial score (nSPS) is 17.0. The number of aromatic nitrogens is 3. The summed E-state index contributed by atoms with van der Waals surface area (Å²) in [6.45, 7) is 8.34. The highest BCUT2D eigenvalue weighted by Gasteiger charge is 2.26. The molecule has 32 heavy (non-hydrogen) atoms. The Labute approximate surface area is 185 Å².